The predicted octanol–water partition coefficient (Wildman–Crippen LogP) is 3.35. The molecule has 2 N–H and O–H groups in total. The van der Waals surface area contributed by atoms with Crippen LogP contribution in [0.25, 0.3) is 0 Å². The Kier molecular flexibility index (Phi) is 6.53. The molecule has 1 heterocycles. The fourth-order valence-corrected chi connectivity index (χ4v) is 4.60. The SMILES string of the molecule is COc1cc2c(cc1OC)CN(C(=O)N[C@H](C)C(=O)N[C@@H]1CCCc3ccccc31)CC2. The van der Waals surface area contributed by atoms with E-state index < -0.39 is 6.04 Å². The van der Waals surface area contributed by atoms with E-state index in [1.54, 1.807) is 26.0 Å². The van der Waals surface area contributed by atoms with Gasteiger partial charge in [-0.3, -0.25) is 4.79 Å². The minimum atomic E-state index is -0.622. The molecule has 0 aromatic heterocycles. The first-order chi connectivity index (χ1) is 15.5. The minimum absolute atomic E-state index is 0.00360. The van der Waals surface area contributed by atoms with Crippen LogP contribution in [0.1, 0.15) is 48.1 Å². The Morgan fingerprint density at radius 2 is 1.75 bits per heavy atom. The molecule has 0 fully saturated rings. The Hall–Kier alpha value is -3.22. The summed E-state index contributed by atoms with van der Waals surface area (Å²) in [5.41, 5.74) is 4.65. The maximum Gasteiger partial charge on any atom is 0.318 e. The second kappa shape index (κ2) is 9.51. The number of nitrogens with zero attached hydrogens (tertiary/aromatic N) is 1. The number of carbonyl (C=O) groups excluding carboxylic acids is 2. The molecule has 1 aliphatic carbocycles. The molecule has 2 atom stereocenters. The number of fused-ring (bicyclic) bond motifs is 2. The van der Waals surface area contributed by atoms with E-state index in [4.69, 9.17) is 9.47 Å². The van der Waals surface area contributed by atoms with Gasteiger partial charge in [0, 0.05) is 13.1 Å². The first kappa shape index (κ1) is 22.0. The highest BCUT2D eigenvalue weighted by atomic mass is 16.5. The van der Waals surface area contributed by atoms with E-state index in [2.05, 4.69) is 22.8 Å². The van der Waals surface area contributed by atoms with Gasteiger partial charge in [-0.2, -0.15) is 0 Å². The van der Waals surface area contributed by atoms with Crippen LogP contribution in [0.15, 0.2) is 36.4 Å². The van der Waals surface area contributed by atoms with Crippen LogP contribution in [-0.2, 0) is 24.2 Å². The monoisotopic (exact) mass is 437 g/mol. The fourth-order valence-electron chi connectivity index (χ4n) is 4.60. The smallest absolute Gasteiger partial charge is 0.318 e. The molecule has 2 aliphatic rings. The van der Waals surface area contributed by atoms with Crippen molar-refractivity contribution in [1.82, 2.24) is 15.5 Å². The molecule has 0 bridgehead atoms. The number of aryl methyl sites for hydroxylation is 1. The van der Waals surface area contributed by atoms with Crippen LogP contribution in [-0.4, -0.2) is 43.6 Å². The van der Waals surface area contributed by atoms with E-state index in [9.17, 15) is 9.59 Å². The average Bonchev–Trinajstić information content (AvgIpc) is 2.82. The number of rotatable bonds is 5. The van der Waals surface area contributed by atoms with Crippen LogP contribution in [0.4, 0.5) is 4.79 Å². The van der Waals surface area contributed by atoms with Crippen LogP contribution in [0.3, 0.4) is 0 Å². The zero-order chi connectivity index (χ0) is 22.7. The van der Waals surface area contributed by atoms with Crippen molar-refractivity contribution in [1.29, 1.82) is 0 Å². The highest BCUT2D eigenvalue weighted by Gasteiger charge is 2.27. The lowest BCUT2D eigenvalue weighted by Gasteiger charge is -2.31. The minimum Gasteiger partial charge on any atom is -0.493 e. The number of nitrogens with one attached hydrogen (secondary N) is 2. The summed E-state index contributed by atoms with van der Waals surface area (Å²) in [6.45, 7) is 2.78. The quantitative estimate of drug-likeness (QED) is 0.752. The van der Waals surface area contributed by atoms with Gasteiger partial charge >= 0.3 is 6.03 Å². The molecular weight excluding hydrogens is 406 g/mol. The zero-order valence-electron chi connectivity index (χ0n) is 18.9. The summed E-state index contributed by atoms with van der Waals surface area (Å²) in [6, 6.07) is 11.3. The molecule has 32 heavy (non-hydrogen) atoms. The van der Waals surface area contributed by atoms with Crippen molar-refractivity contribution in [2.75, 3.05) is 20.8 Å². The maximum atomic E-state index is 12.9. The molecule has 2 aromatic carbocycles. The van der Waals surface area contributed by atoms with E-state index in [-0.39, 0.29) is 18.0 Å². The average molecular weight is 438 g/mol. The maximum absolute atomic E-state index is 12.9. The van der Waals surface area contributed by atoms with E-state index in [1.165, 1.54) is 11.1 Å². The number of hydrogen-bond donors (Lipinski definition) is 2. The molecule has 7 heteroatoms. The van der Waals surface area contributed by atoms with Gasteiger partial charge in [0.25, 0.3) is 0 Å². The van der Waals surface area contributed by atoms with Gasteiger partial charge in [0.05, 0.1) is 20.3 Å². The van der Waals surface area contributed by atoms with Crippen LogP contribution >= 0.6 is 0 Å². The molecule has 7 nitrogen and oxygen atoms in total. The molecule has 0 unspecified atom stereocenters. The summed E-state index contributed by atoms with van der Waals surface area (Å²) in [5, 5.41) is 5.99. The van der Waals surface area contributed by atoms with Crippen LogP contribution in [0, 0.1) is 0 Å². The van der Waals surface area contributed by atoms with Gasteiger partial charge in [-0.1, -0.05) is 24.3 Å². The lowest BCUT2D eigenvalue weighted by molar-refractivity contribution is -0.123. The molecule has 0 saturated carbocycles. The Morgan fingerprint density at radius 3 is 2.50 bits per heavy atom. The van der Waals surface area contributed by atoms with Crippen molar-refractivity contribution in [2.24, 2.45) is 0 Å². The Balaban J connectivity index is 1.37. The summed E-state index contributed by atoms with van der Waals surface area (Å²) in [5.74, 6) is 1.18. The lowest BCUT2D eigenvalue weighted by atomic mass is 9.87. The van der Waals surface area contributed by atoms with Gasteiger partial charge in [-0.15, -0.1) is 0 Å². The summed E-state index contributed by atoms with van der Waals surface area (Å²) < 4.78 is 10.8. The predicted molar refractivity (Wildman–Crippen MR) is 122 cm³/mol. The summed E-state index contributed by atoms with van der Waals surface area (Å²) in [4.78, 5) is 27.4. The molecule has 0 radical (unpaired) electrons. The van der Waals surface area contributed by atoms with Crippen molar-refractivity contribution in [2.45, 2.75) is 51.2 Å². The van der Waals surface area contributed by atoms with E-state index in [1.807, 2.05) is 24.3 Å². The van der Waals surface area contributed by atoms with Crippen molar-refractivity contribution in [3.8, 4) is 11.5 Å². The van der Waals surface area contributed by atoms with Crippen LogP contribution in [0.2, 0.25) is 0 Å². The molecule has 1 aliphatic heterocycles. The molecule has 170 valence electrons. The topological polar surface area (TPSA) is 79.9 Å². The highest BCUT2D eigenvalue weighted by molar-refractivity contribution is 5.87. The van der Waals surface area contributed by atoms with Crippen molar-refractivity contribution < 1.29 is 19.1 Å². The van der Waals surface area contributed by atoms with E-state index in [0.29, 0.717) is 24.6 Å². The highest BCUT2D eigenvalue weighted by Crippen LogP contribution is 2.33. The molecule has 0 spiro atoms. The van der Waals surface area contributed by atoms with Crippen molar-refractivity contribution in [3.63, 3.8) is 0 Å². The van der Waals surface area contributed by atoms with Crippen LogP contribution < -0.4 is 20.1 Å². The summed E-state index contributed by atoms with van der Waals surface area (Å²) >= 11 is 0. The number of ether oxygens (including phenoxy) is 2. The molecule has 0 saturated heterocycles. The Morgan fingerprint density at radius 1 is 1.03 bits per heavy atom. The Bertz CT molecular complexity index is 1010. The summed E-state index contributed by atoms with van der Waals surface area (Å²) in [7, 11) is 3.22. The Labute approximate surface area is 189 Å². The van der Waals surface area contributed by atoms with E-state index >= 15 is 0 Å². The van der Waals surface area contributed by atoms with Gasteiger partial charge in [-0.25, -0.2) is 4.79 Å². The fraction of sp³-hybridized carbons (Fsp3) is 0.440. The van der Waals surface area contributed by atoms with Crippen LogP contribution in [0.5, 0.6) is 11.5 Å². The third-order valence-corrected chi connectivity index (χ3v) is 6.42. The third-order valence-electron chi connectivity index (χ3n) is 6.42. The van der Waals surface area contributed by atoms with Gasteiger partial charge in [-0.05, 0) is 67.0 Å². The van der Waals surface area contributed by atoms with E-state index in [0.717, 1.165) is 36.8 Å². The zero-order valence-corrected chi connectivity index (χ0v) is 18.9. The molecule has 4 rings (SSSR count). The first-order valence-corrected chi connectivity index (χ1v) is 11.2. The number of carbonyl (C=O) groups is 2. The standard InChI is InChI=1S/C25H31N3O4/c1-16(24(29)27-21-10-6-8-17-7-4-5-9-20(17)21)26-25(30)28-12-11-18-13-22(31-2)23(32-3)14-19(18)15-28/h4-5,7,9,13-14,16,21H,6,8,10-12,15H2,1-3H3,(H,26,30)(H,27,29)/t16-,21-/m1/s1. The second-order valence-corrected chi connectivity index (χ2v) is 8.47. The second-order valence-electron chi connectivity index (χ2n) is 8.47. The largest absolute Gasteiger partial charge is 0.493 e. The molecule has 2 aromatic rings. The normalized spacial score (nSPS) is 18.1. The van der Waals surface area contributed by atoms with Gasteiger partial charge < -0.3 is 25.0 Å². The number of hydrogen-bond acceptors (Lipinski definition) is 4. The van der Waals surface area contributed by atoms with Crippen molar-refractivity contribution in [3.05, 3.63) is 58.7 Å². The molecule has 3 amide bonds. The summed E-state index contributed by atoms with van der Waals surface area (Å²) in [6.07, 6.45) is 3.73. The first-order valence-electron chi connectivity index (χ1n) is 11.2. The third kappa shape index (κ3) is 4.52. The number of methoxy groups -OCH3 is 2. The number of benzene rings is 2. The molecular formula is C25H31N3O4. The van der Waals surface area contributed by atoms with Gasteiger partial charge in [0.1, 0.15) is 6.04 Å². The van der Waals surface area contributed by atoms with Crippen molar-refractivity contribution >= 4 is 11.9 Å². The number of amides is 3. The van der Waals surface area contributed by atoms with Gasteiger partial charge in [0.15, 0.2) is 11.5 Å². The van der Waals surface area contributed by atoms with Gasteiger partial charge in [0.2, 0.25) is 5.91 Å². The number of urea groups is 1. The lowest BCUT2D eigenvalue weighted by Crippen LogP contribution is -2.51.